The van der Waals surface area contributed by atoms with Crippen molar-refractivity contribution in [3.63, 3.8) is 0 Å². The average Bonchev–Trinajstić information content (AvgIpc) is 2.78. The van der Waals surface area contributed by atoms with Crippen molar-refractivity contribution in [3.05, 3.63) is 0 Å². The molecule has 4 nitrogen and oxygen atoms in total. The van der Waals surface area contributed by atoms with Gasteiger partial charge in [-0.3, -0.25) is 9.80 Å². The van der Waals surface area contributed by atoms with Gasteiger partial charge in [-0.05, 0) is 52.7 Å². The third-order valence-electron chi connectivity index (χ3n) is 4.20. The molecule has 2 aliphatic heterocycles. The molecule has 1 unspecified atom stereocenters. The van der Waals surface area contributed by atoms with Gasteiger partial charge in [0.1, 0.15) is 0 Å². The van der Waals surface area contributed by atoms with E-state index in [-0.39, 0.29) is 0 Å². The van der Waals surface area contributed by atoms with Crippen molar-refractivity contribution in [1.82, 2.24) is 9.80 Å². The lowest BCUT2D eigenvalue weighted by atomic mass is 10.0. The van der Waals surface area contributed by atoms with Gasteiger partial charge in [0.25, 0.3) is 0 Å². The zero-order valence-corrected chi connectivity index (χ0v) is 12.0. The molecule has 0 aromatic carbocycles. The Morgan fingerprint density at radius 2 is 1.89 bits per heavy atom. The summed E-state index contributed by atoms with van der Waals surface area (Å²) in [4.78, 5) is 5.19. The van der Waals surface area contributed by atoms with Gasteiger partial charge < -0.3 is 10.5 Å². The van der Waals surface area contributed by atoms with E-state index < -0.39 is 0 Å². The van der Waals surface area contributed by atoms with Crippen LogP contribution in [0, 0.1) is 0 Å². The summed E-state index contributed by atoms with van der Waals surface area (Å²) in [5.41, 5.74) is 5.96. The number of likely N-dealkylation sites (tertiary alicyclic amines) is 2. The summed E-state index contributed by atoms with van der Waals surface area (Å²) in [5.74, 6) is 0. The van der Waals surface area contributed by atoms with Crippen LogP contribution in [-0.4, -0.2) is 67.3 Å². The van der Waals surface area contributed by atoms with Crippen LogP contribution in [0.4, 0.5) is 0 Å². The summed E-state index contributed by atoms with van der Waals surface area (Å²) in [6.07, 6.45) is 4.02. The number of ether oxygens (including phenoxy) is 1. The number of hydrogen-bond donors (Lipinski definition) is 1. The van der Waals surface area contributed by atoms with Crippen molar-refractivity contribution in [3.8, 4) is 0 Å². The molecule has 0 radical (unpaired) electrons. The van der Waals surface area contributed by atoms with Crippen LogP contribution in [0.1, 0.15) is 33.1 Å². The number of piperidine rings is 1. The summed E-state index contributed by atoms with van der Waals surface area (Å²) in [6, 6.07) is 1.20. The molecule has 0 aromatic heterocycles. The molecular weight excluding hydrogens is 226 g/mol. The molecule has 18 heavy (non-hydrogen) atoms. The summed E-state index contributed by atoms with van der Waals surface area (Å²) >= 11 is 0. The van der Waals surface area contributed by atoms with Crippen LogP contribution in [0.25, 0.3) is 0 Å². The molecule has 4 heteroatoms. The van der Waals surface area contributed by atoms with Crippen molar-refractivity contribution in [1.29, 1.82) is 0 Å². The highest BCUT2D eigenvalue weighted by molar-refractivity contribution is 4.86. The van der Waals surface area contributed by atoms with E-state index in [2.05, 4.69) is 23.6 Å². The minimum absolute atomic E-state index is 0.354. The van der Waals surface area contributed by atoms with Crippen LogP contribution >= 0.6 is 0 Å². The predicted molar refractivity (Wildman–Crippen MR) is 74.7 cm³/mol. The quantitative estimate of drug-likeness (QED) is 0.793. The molecule has 0 bridgehead atoms. The van der Waals surface area contributed by atoms with E-state index in [1.54, 1.807) is 0 Å². The predicted octanol–water partition coefficient (Wildman–Crippen LogP) is 0.909. The Kier molecular flexibility index (Phi) is 5.42. The summed E-state index contributed by atoms with van der Waals surface area (Å²) < 4.78 is 5.63. The largest absolute Gasteiger partial charge is 0.377 e. The van der Waals surface area contributed by atoms with E-state index in [9.17, 15) is 0 Å². The van der Waals surface area contributed by atoms with Crippen molar-refractivity contribution in [2.24, 2.45) is 5.73 Å². The SMILES string of the molecule is CC(C)OCCN1CCC(N2CCC(N)CC2)C1. The molecule has 1 atom stereocenters. The van der Waals surface area contributed by atoms with Gasteiger partial charge in [-0.1, -0.05) is 0 Å². The smallest absolute Gasteiger partial charge is 0.0596 e. The van der Waals surface area contributed by atoms with Gasteiger partial charge in [0.15, 0.2) is 0 Å². The fraction of sp³-hybridized carbons (Fsp3) is 1.00. The van der Waals surface area contributed by atoms with Crippen LogP contribution in [0.5, 0.6) is 0 Å². The highest BCUT2D eigenvalue weighted by Gasteiger charge is 2.29. The van der Waals surface area contributed by atoms with Crippen LogP contribution in [0.2, 0.25) is 0 Å². The topological polar surface area (TPSA) is 41.7 Å². The van der Waals surface area contributed by atoms with Crippen molar-refractivity contribution >= 4 is 0 Å². The first-order valence-electron chi connectivity index (χ1n) is 7.48. The Hall–Kier alpha value is -0.160. The number of nitrogens with two attached hydrogens (primary N) is 1. The third kappa shape index (κ3) is 4.19. The second-order valence-electron chi connectivity index (χ2n) is 6.04. The zero-order chi connectivity index (χ0) is 13.0. The second-order valence-corrected chi connectivity index (χ2v) is 6.04. The fourth-order valence-corrected chi connectivity index (χ4v) is 3.02. The molecule has 0 saturated carbocycles. The van der Waals surface area contributed by atoms with E-state index in [0.29, 0.717) is 12.1 Å². The lowest BCUT2D eigenvalue weighted by Crippen LogP contribution is -2.46. The molecule has 0 aromatic rings. The molecule has 2 rings (SSSR count). The average molecular weight is 255 g/mol. The molecule has 0 aliphatic carbocycles. The second kappa shape index (κ2) is 6.85. The Morgan fingerprint density at radius 3 is 2.56 bits per heavy atom. The standard InChI is InChI=1S/C14H29N3O/c1-12(2)18-10-9-16-6-5-14(11-16)17-7-3-13(15)4-8-17/h12-14H,3-11,15H2,1-2H3. The van der Waals surface area contributed by atoms with E-state index >= 15 is 0 Å². The molecular formula is C14H29N3O. The summed E-state index contributed by atoms with van der Waals surface area (Å²) in [7, 11) is 0. The number of nitrogens with zero attached hydrogens (tertiary/aromatic N) is 2. The van der Waals surface area contributed by atoms with Crippen LogP contribution in [0.3, 0.4) is 0 Å². The molecule has 2 aliphatic rings. The van der Waals surface area contributed by atoms with Crippen molar-refractivity contribution < 1.29 is 4.74 Å². The van der Waals surface area contributed by atoms with E-state index in [0.717, 1.165) is 19.2 Å². The molecule has 2 heterocycles. The fourth-order valence-electron chi connectivity index (χ4n) is 3.02. The highest BCUT2D eigenvalue weighted by atomic mass is 16.5. The Morgan fingerprint density at radius 1 is 1.17 bits per heavy atom. The van der Waals surface area contributed by atoms with Crippen LogP contribution in [-0.2, 0) is 4.74 Å². The number of hydrogen-bond acceptors (Lipinski definition) is 4. The first-order chi connectivity index (χ1) is 8.65. The zero-order valence-electron chi connectivity index (χ0n) is 12.0. The minimum atomic E-state index is 0.354. The Balaban J connectivity index is 1.65. The normalized spacial score (nSPS) is 28.3. The van der Waals surface area contributed by atoms with E-state index in [1.807, 2.05) is 0 Å². The molecule has 106 valence electrons. The first kappa shape index (κ1) is 14.3. The van der Waals surface area contributed by atoms with Gasteiger partial charge in [0, 0.05) is 25.2 Å². The van der Waals surface area contributed by atoms with E-state index in [1.165, 1.54) is 45.4 Å². The van der Waals surface area contributed by atoms with Gasteiger partial charge in [0.05, 0.1) is 12.7 Å². The Bertz CT molecular complexity index is 239. The maximum Gasteiger partial charge on any atom is 0.0596 e. The number of rotatable bonds is 5. The van der Waals surface area contributed by atoms with Gasteiger partial charge in [-0.25, -0.2) is 0 Å². The third-order valence-corrected chi connectivity index (χ3v) is 4.20. The maximum atomic E-state index is 5.96. The van der Waals surface area contributed by atoms with Crippen LogP contribution < -0.4 is 5.73 Å². The maximum absolute atomic E-state index is 5.96. The van der Waals surface area contributed by atoms with E-state index in [4.69, 9.17) is 10.5 Å². The van der Waals surface area contributed by atoms with Gasteiger partial charge in [-0.2, -0.15) is 0 Å². The van der Waals surface area contributed by atoms with Crippen molar-refractivity contribution in [2.45, 2.75) is 51.3 Å². The summed E-state index contributed by atoms with van der Waals surface area (Å²) in [5, 5.41) is 0. The lowest BCUT2D eigenvalue weighted by Gasteiger charge is -2.34. The van der Waals surface area contributed by atoms with Crippen LogP contribution in [0.15, 0.2) is 0 Å². The molecule has 2 N–H and O–H groups in total. The Labute approximate surface area is 111 Å². The van der Waals surface area contributed by atoms with Gasteiger partial charge in [0.2, 0.25) is 0 Å². The van der Waals surface area contributed by atoms with Gasteiger partial charge >= 0.3 is 0 Å². The minimum Gasteiger partial charge on any atom is -0.377 e. The molecule has 2 fully saturated rings. The monoisotopic (exact) mass is 255 g/mol. The molecule has 2 saturated heterocycles. The first-order valence-corrected chi connectivity index (χ1v) is 7.48. The highest BCUT2D eigenvalue weighted by Crippen LogP contribution is 2.19. The van der Waals surface area contributed by atoms with Gasteiger partial charge in [-0.15, -0.1) is 0 Å². The van der Waals surface area contributed by atoms with Crippen molar-refractivity contribution in [2.75, 3.05) is 39.3 Å². The molecule has 0 spiro atoms. The molecule has 0 amide bonds. The lowest BCUT2D eigenvalue weighted by molar-refractivity contribution is 0.0612. The summed E-state index contributed by atoms with van der Waals surface area (Å²) in [6.45, 7) is 11.0.